The number of rotatable bonds is 3. The van der Waals surface area contributed by atoms with Crippen molar-refractivity contribution in [3.63, 3.8) is 0 Å². The van der Waals surface area contributed by atoms with E-state index in [0.717, 1.165) is 0 Å². The lowest BCUT2D eigenvalue weighted by Gasteiger charge is -2.10. The summed E-state index contributed by atoms with van der Waals surface area (Å²) in [5, 5.41) is 10.8. The van der Waals surface area contributed by atoms with Crippen LogP contribution < -0.4 is 5.63 Å². The first kappa shape index (κ1) is 16.8. The second-order valence-electron chi connectivity index (χ2n) is 6.18. The lowest BCUT2D eigenvalue weighted by molar-refractivity contribution is 0.0476. The molecule has 4 aromatic rings. The van der Waals surface area contributed by atoms with Gasteiger partial charge in [0.05, 0.1) is 11.1 Å². The lowest BCUT2D eigenvalue weighted by atomic mass is 10.1. The molecule has 0 fully saturated rings. The highest BCUT2D eigenvalue weighted by molar-refractivity contribution is 6.03. The fourth-order valence-corrected chi connectivity index (χ4v) is 3.04. The molecule has 0 unspecified atom stereocenters. The third-order valence-corrected chi connectivity index (χ3v) is 4.24. The van der Waals surface area contributed by atoms with Crippen LogP contribution in [0.5, 0.6) is 5.75 Å². The number of carbonyl (C=O) groups excluding carboxylic acids is 1. The molecule has 0 aliphatic carbocycles. The Morgan fingerprint density at radius 1 is 1.11 bits per heavy atom. The van der Waals surface area contributed by atoms with Crippen molar-refractivity contribution in [3.8, 4) is 5.75 Å². The molecule has 134 valence electrons. The Labute approximate surface area is 153 Å². The topological polar surface area (TPSA) is 89.6 Å². The van der Waals surface area contributed by atoms with Gasteiger partial charge in [-0.15, -0.1) is 0 Å². The van der Waals surface area contributed by atoms with Crippen LogP contribution in [0.2, 0.25) is 0 Å². The van der Waals surface area contributed by atoms with Gasteiger partial charge in [-0.3, -0.25) is 4.98 Å². The number of phenols is 1. The van der Waals surface area contributed by atoms with Gasteiger partial charge >= 0.3 is 11.6 Å². The molecule has 0 amide bonds. The van der Waals surface area contributed by atoms with E-state index in [1.807, 2.05) is 31.2 Å². The van der Waals surface area contributed by atoms with Crippen molar-refractivity contribution >= 4 is 27.8 Å². The molecule has 1 N–H and O–H groups in total. The molecule has 0 aliphatic rings. The van der Waals surface area contributed by atoms with Crippen LogP contribution >= 0.6 is 0 Å². The highest BCUT2D eigenvalue weighted by Crippen LogP contribution is 2.23. The number of aromatic nitrogens is 1. The van der Waals surface area contributed by atoms with Crippen molar-refractivity contribution in [3.05, 3.63) is 81.8 Å². The Kier molecular flexibility index (Phi) is 4.08. The van der Waals surface area contributed by atoms with Gasteiger partial charge in [-0.05, 0) is 31.2 Å². The number of aryl methyl sites for hydroxylation is 1. The Bertz CT molecular complexity index is 1240. The summed E-state index contributed by atoms with van der Waals surface area (Å²) in [6.07, 6.45) is 0. The summed E-state index contributed by atoms with van der Waals surface area (Å²) in [5.74, 6) is -0.518. The van der Waals surface area contributed by atoms with E-state index in [9.17, 15) is 14.7 Å². The Morgan fingerprint density at radius 3 is 2.78 bits per heavy atom. The molecule has 27 heavy (non-hydrogen) atoms. The average Bonchev–Trinajstić information content (AvgIpc) is 2.64. The van der Waals surface area contributed by atoms with Gasteiger partial charge in [0.15, 0.2) is 0 Å². The summed E-state index contributed by atoms with van der Waals surface area (Å²) in [4.78, 5) is 28.8. The molecule has 2 aromatic heterocycles. The largest absolute Gasteiger partial charge is 0.508 e. The molecule has 0 saturated carbocycles. The second-order valence-corrected chi connectivity index (χ2v) is 6.18. The highest BCUT2D eigenvalue weighted by atomic mass is 16.5. The number of esters is 1. The number of para-hydroxylation sites is 1. The van der Waals surface area contributed by atoms with Crippen molar-refractivity contribution in [2.75, 3.05) is 0 Å². The number of hydrogen-bond acceptors (Lipinski definition) is 6. The molecule has 6 nitrogen and oxygen atoms in total. The molecular formula is C21H15NO5. The van der Waals surface area contributed by atoms with Crippen LogP contribution in [0.15, 0.2) is 63.8 Å². The van der Waals surface area contributed by atoms with Gasteiger partial charge in [-0.1, -0.05) is 18.2 Å². The predicted molar refractivity (Wildman–Crippen MR) is 99.7 cm³/mol. The number of phenolic OH excluding ortho intramolecular Hbond substituents is 1. The number of hydrogen-bond donors (Lipinski definition) is 1. The second kappa shape index (κ2) is 6.57. The Hall–Kier alpha value is -3.67. The fourth-order valence-electron chi connectivity index (χ4n) is 3.04. The van der Waals surface area contributed by atoms with Gasteiger partial charge in [0.1, 0.15) is 17.9 Å². The van der Waals surface area contributed by atoms with Crippen LogP contribution in [-0.2, 0) is 11.3 Å². The van der Waals surface area contributed by atoms with Gasteiger partial charge in [-0.25, -0.2) is 9.59 Å². The molecule has 0 aliphatic heterocycles. The number of nitrogens with zero attached hydrogens (tertiary/aromatic N) is 1. The molecule has 0 saturated heterocycles. The minimum atomic E-state index is -0.579. The van der Waals surface area contributed by atoms with Crippen molar-refractivity contribution in [2.45, 2.75) is 13.5 Å². The maximum absolute atomic E-state index is 12.7. The normalized spacial score (nSPS) is 11.0. The van der Waals surface area contributed by atoms with E-state index in [-0.39, 0.29) is 17.9 Å². The van der Waals surface area contributed by atoms with Gasteiger partial charge in [0.2, 0.25) is 0 Å². The van der Waals surface area contributed by atoms with Crippen molar-refractivity contribution in [1.29, 1.82) is 0 Å². The summed E-state index contributed by atoms with van der Waals surface area (Å²) in [6.45, 7) is 1.72. The van der Waals surface area contributed by atoms with Crippen LogP contribution in [0.3, 0.4) is 0 Å². The zero-order chi connectivity index (χ0) is 19.0. The Balaban J connectivity index is 1.68. The first-order valence-electron chi connectivity index (χ1n) is 8.30. The third kappa shape index (κ3) is 3.25. The van der Waals surface area contributed by atoms with Crippen LogP contribution in [0.4, 0.5) is 0 Å². The number of pyridine rings is 1. The third-order valence-electron chi connectivity index (χ3n) is 4.24. The van der Waals surface area contributed by atoms with Crippen LogP contribution in [0.1, 0.15) is 21.6 Å². The maximum Gasteiger partial charge on any atom is 0.339 e. The lowest BCUT2D eigenvalue weighted by Crippen LogP contribution is -2.09. The number of aromatic hydroxyl groups is 1. The summed E-state index contributed by atoms with van der Waals surface area (Å²) in [7, 11) is 0. The average molecular weight is 361 g/mol. The summed E-state index contributed by atoms with van der Waals surface area (Å²) in [5.41, 5.74) is 2.00. The van der Waals surface area contributed by atoms with Crippen LogP contribution in [0, 0.1) is 6.92 Å². The van der Waals surface area contributed by atoms with Gasteiger partial charge in [0.25, 0.3) is 0 Å². The van der Waals surface area contributed by atoms with Crippen molar-refractivity contribution in [2.24, 2.45) is 0 Å². The molecule has 2 heterocycles. The quantitative estimate of drug-likeness (QED) is 0.442. The maximum atomic E-state index is 12.7. The number of carbonyl (C=O) groups is 1. The summed E-state index contributed by atoms with van der Waals surface area (Å²) < 4.78 is 10.5. The summed E-state index contributed by atoms with van der Waals surface area (Å²) >= 11 is 0. The van der Waals surface area contributed by atoms with E-state index < -0.39 is 11.6 Å². The van der Waals surface area contributed by atoms with Crippen molar-refractivity contribution in [1.82, 2.24) is 4.98 Å². The van der Waals surface area contributed by atoms with Gasteiger partial charge in [0, 0.05) is 34.2 Å². The van der Waals surface area contributed by atoms with Gasteiger partial charge < -0.3 is 14.3 Å². The molecular weight excluding hydrogens is 346 g/mol. The standard InChI is InChI=1S/C21H15NO5/c1-12-8-17(16-4-2-3-5-18(16)22-12)21(25)26-11-13-9-20(24)27-19-10-14(23)6-7-15(13)19/h2-10,23H,11H2,1H3. The van der Waals surface area contributed by atoms with Crippen molar-refractivity contribution < 1.29 is 19.1 Å². The van der Waals surface area contributed by atoms with Gasteiger partial charge in [-0.2, -0.15) is 0 Å². The first-order chi connectivity index (χ1) is 13.0. The minimum absolute atomic E-state index is 0.0153. The predicted octanol–water partition coefficient (Wildman–Crippen LogP) is 3.71. The minimum Gasteiger partial charge on any atom is -0.508 e. The SMILES string of the molecule is Cc1cc(C(=O)OCc2cc(=O)oc3cc(O)ccc23)c2ccccc2n1. The zero-order valence-corrected chi connectivity index (χ0v) is 14.4. The molecule has 6 heteroatoms. The first-order valence-corrected chi connectivity index (χ1v) is 8.30. The van der Waals surface area contributed by atoms with Crippen LogP contribution in [0.25, 0.3) is 21.9 Å². The number of fused-ring (bicyclic) bond motifs is 2. The monoisotopic (exact) mass is 361 g/mol. The number of ether oxygens (including phenoxy) is 1. The Morgan fingerprint density at radius 2 is 1.93 bits per heavy atom. The van der Waals surface area contributed by atoms with E-state index in [1.165, 1.54) is 18.2 Å². The molecule has 0 radical (unpaired) electrons. The smallest absolute Gasteiger partial charge is 0.339 e. The van der Waals surface area contributed by atoms with E-state index in [2.05, 4.69) is 4.98 Å². The van der Waals surface area contributed by atoms with E-state index in [1.54, 1.807) is 12.1 Å². The molecule has 0 spiro atoms. The molecule has 0 bridgehead atoms. The van der Waals surface area contributed by atoms with E-state index >= 15 is 0 Å². The zero-order valence-electron chi connectivity index (χ0n) is 14.4. The fraction of sp³-hybridized carbons (Fsp3) is 0.0952. The number of benzene rings is 2. The molecule has 4 rings (SSSR count). The van der Waals surface area contributed by atoms with E-state index in [0.29, 0.717) is 33.1 Å². The van der Waals surface area contributed by atoms with Crippen LogP contribution in [-0.4, -0.2) is 16.1 Å². The highest BCUT2D eigenvalue weighted by Gasteiger charge is 2.15. The van der Waals surface area contributed by atoms with E-state index in [4.69, 9.17) is 9.15 Å². The molecule has 2 aromatic carbocycles. The summed E-state index contributed by atoms with van der Waals surface area (Å²) in [6, 6.07) is 14.7. The molecule has 0 atom stereocenters.